The summed E-state index contributed by atoms with van der Waals surface area (Å²) in [5, 5.41) is 0. The Kier molecular flexibility index (Phi) is 5.73. The molecule has 1 amide bonds. The molecule has 1 aromatic carbocycles. The maximum absolute atomic E-state index is 12.4. The minimum Gasteiger partial charge on any atom is -0.338 e. The first kappa shape index (κ1) is 15.9. The van der Waals surface area contributed by atoms with Crippen molar-refractivity contribution in [3.63, 3.8) is 0 Å². The van der Waals surface area contributed by atoms with Gasteiger partial charge in [0, 0.05) is 39.3 Å². The third-order valence-electron chi connectivity index (χ3n) is 3.97. The first-order chi connectivity index (χ1) is 10.1. The zero-order chi connectivity index (χ0) is 15.2. The molecule has 2 rings (SSSR count). The van der Waals surface area contributed by atoms with Crippen LogP contribution in [-0.4, -0.2) is 74.0 Å². The van der Waals surface area contributed by atoms with Crippen LogP contribution in [0.25, 0.3) is 0 Å². The molecule has 2 N–H and O–H groups in total. The number of carbonyl (C=O) groups is 1. The number of nitrogens with zero attached hydrogens (tertiary/aromatic N) is 3. The van der Waals surface area contributed by atoms with Crippen molar-refractivity contribution in [3.8, 4) is 0 Å². The van der Waals surface area contributed by atoms with Gasteiger partial charge < -0.3 is 15.5 Å². The van der Waals surface area contributed by atoms with E-state index in [-0.39, 0.29) is 5.91 Å². The van der Waals surface area contributed by atoms with Crippen molar-refractivity contribution >= 4 is 5.91 Å². The molecule has 0 aliphatic carbocycles. The lowest BCUT2D eigenvalue weighted by Crippen LogP contribution is -2.51. The normalized spacial score (nSPS) is 18.0. The first-order valence-corrected chi connectivity index (χ1v) is 7.54. The number of benzene rings is 1. The highest BCUT2D eigenvalue weighted by atomic mass is 16.2. The molecule has 0 spiro atoms. The number of rotatable bonds is 5. The molecule has 0 saturated carbocycles. The van der Waals surface area contributed by atoms with Crippen LogP contribution in [0.3, 0.4) is 0 Å². The summed E-state index contributed by atoms with van der Waals surface area (Å²) in [6.07, 6.45) is 0. The Morgan fingerprint density at radius 3 is 2.38 bits per heavy atom. The number of likely N-dealkylation sites (N-methyl/N-ethyl adjacent to an activating group) is 1. The number of hydrogen-bond acceptors (Lipinski definition) is 4. The Morgan fingerprint density at radius 1 is 1.19 bits per heavy atom. The Hall–Kier alpha value is -1.43. The van der Waals surface area contributed by atoms with Crippen LogP contribution in [0, 0.1) is 0 Å². The molecule has 1 unspecified atom stereocenters. The van der Waals surface area contributed by atoms with Crippen molar-refractivity contribution in [2.24, 2.45) is 5.73 Å². The third kappa shape index (κ3) is 4.52. The fourth-order valence-corrected chi connectivity index (χ4v) is 2.53. The van der Waals surface area contributed by atoms with Gasteiger partial charge in [0.2, 0.25) is 5.91 Å². The lowest BCUT2D eigenvalue weighted by atomic mass is 10.1. The minimum atomic E-state index is -0.542. The van der Waals surface area contributed by atoms with Crippen LogP contribution in [0.2, 0.25) is 0 Å². The van der Waals surface area contributed by atoms with E-state index in [9.17, 15) is 4.79 Å². The monoisotopic (exact) mass is 290 g/mol. The molecule has 116 valence electrons. The van der Waals surface area contributed by atoms with Crippen LogP contribution < -0.4 is 5.73 Å². The molecule has 1 aromatic rings. The molecule has 1 aliphatic heterocycles. The summed E-state index contributed by atoms with van der Waals surface area (Å²) in [6, 6.07) is 9.05. The van der Waals surface area contributed by atoms with Crippen LogP contribution >= 0.6 is 0 Å². The Balaban J connectivity index is 1.83. The highest BCUT2D eigenvalue weighted by Crippen LogP contribution is 2.14. The second kappa shape index (κ2) is 7.54. The van der Waals surface area contributed by atoms with Crippen LogP contribution in [0.4, 0.5) is 0 Å². The van der Waals surface area contributed by atoms with E-state index < -0.39 is 6.04 Å². The standard InChI is InChI=1S/C16H26N4O/c1-18(2)8-9-19-10-12-20(13-11-19)16(21)15(17)14-6-4-3-5-7-14/h3-7,15H,8-13,17H2,1-2H3. The lowest BCUT2D eigenvalue weighted by Gasteiger charge is -2.36. The van der Waals surface area contributed by atoms with Gasteiger partial charge in [-0.15, -0.1) is 0 Å². The van der Waals surface area contributed by atoms with Crippen molar-refractivity contribution in [3.05, 3.63) is 35.9 Å². The van der Waals surface area contributed by atoms with Gasteiger partial charge >= 0.3 is 0 Å². The predicted octanol–water partition coefficient (Wildman–Crippen LogP) is 0.392. The van der Waals surface area contributed by atoms with Crippen molar-refractivity contribution < 1.29 is 4.79 Å². The predicted molar refractivity (Wildman–Crippen MR) is 84.9 cm³/mol. The van der Waals surface area contributed by atoms with Gasteiger partial charge in [0.15, 0.2) is 0 Å². The van der Waals surface area contributed by atoms with Gasteiger partial charge in [-0.25, -0.2) is 0 Å². The molecule has 5 nitrogen and oxygen atoms in total. The minimum absolute atomic E-state index is 0.0356. The van der Waals surface area contributed by atoms with E-state index >= 15 is 0 Å². The molecule has 1 heterocycles. The molecule has 21 heavy (non-hydrogen) atoms. The van der Waals surface area contributed by atoms with Gasteiger partial charge in [0.05, 0.1) is 0 Å². The fraction of sp³-hybridized carbons (Fsp3) is 0.562. The highest BCUT2D eigenvalue weighted by Gasteiger charge is 2.25. The van der Waals surface area contributed by atoms with E-state index in [1.165, 1.54) is 0 Å². The molecular formula is C16H26N4O. The molecule has 5 heteroatoms. The molecule has 0 aromatic heterocycles. The average Bonchev–Trinajstić information content (AvgIpc) is 2.53. The lowest BCUT2D eigenvalue weighted by molar-refractivity contribution is -0.134. The number of hydrogen-bond donors (Lipinski definition) is 1. The number of nitrogens with two attached hydrogens (primary N) is 1. The van der Waals surface area contributed by atoms with Crippen LogP contribution in [-0.2, 0) is 4.79 Å². The number of carbonyl (C=O) groups excluding carboxylic acids is 1. The Labute approximate surface area is 127 Å². The molecular weight excluding hydrogens is 264 g/mol. The van der Waals surface area contributed by atoms with E-state index in [1.807, 2.05) is 35.2 Å². The topological polar surface area (TPSA) is 52.8 Å². The SMILES string of the molecule is CN(C)CCN1CCN(C(=O)C(N)c2ccccc2)CC1. The smallest absolute Gasteiger partial charge is 0.244 e. The largest absolute Gasteiger partial charge is 0.338 e. The molecule has 0 bridgehead atoms. The van der Waals surface area contributed by atoms with Crippen molar-refractivity contribution in [1.82, 2.24) is 14.7 Å². The second-order valence-corrected chi connectivity index (χ2v) is 5.86. The van der Waals surface area contributed by atoms with Gasteiger partial charge in [0.1, 0.15) is 6.04 Å². The molecule has 1 fully saturated rings. The molecule has 1 saturated heterocycles. The van der Waals surface area contributed by atoms with E-state index in [4.69, 9.17) is 5.73 Å². The summed E-state index contributed by atoms with van der Waals surface area (Å²) >= 11 is 0. The first-order valence-electron chi connectivity index (χ1n) is 7.54. The summed E-state index contributed by atoms with van der Waals surface area (Å²) in [5.41, 5.74) is 6.98. The van der Waals surface area contributed by atoms with Gasteiger partial charge in [-0.1, -0.05) is 30.3 Å². The van der Waals surface area contributed by atoms with E-state index in [2.05, 4.69) is 23.9 Å². The third-order valence-corrected chi connectivity index (χ3v) is 3.97. The zero-order valence-electron chi connectivity index (χ0n) is 13.0. The summed E-state index contributed by atoms with van der Waals surface area (Å²) in [5.74, 6) is 0.0356. The quantitative estimate of drug-likeness (QED) is 0.852. The average molecular weight is 290 g/mol. The zero-order valence-corrected chi connectivity index (χ0v) is 13.0. The summed E-state index contributed by atoms with van der Waals surface area (Å²) in [6.45, 7) is 5.51. The summed E-state index contributed by atoms with van der Waals surface area (Å²) in [7, 11) is 4.16. The van der Waals surface area contributed by atoms with Gasteiger partial charge in [-0.2, -0.15) is 0 Å². The molecule has 1 aliphatic rings. The Bertz CT molecular complexity index is 441. The van der Waals surface area contributed by atoms with Crippen molar-refractivity contribution in [2.75, 3.05) is 53.4 Å². The number of piperazine rings is 1. The highest BCUT2D eigenvalue weighted by molar-refractivity contribution is 5.83. The number of amides is 1. The van der Waals surface area contributed by atoms with Crippen molar-refractivity contribution in [1.29, 1.82) is 0 Å². The van der Waals surface area contributed by atoms with Gasteiger partial charge in [-0.3, -0.25) is 9.69 Å². The van der Waals surface area contributed by atoms with Crippen LogP contribution in [0.1, 0.15) is 11.6 Å². The van der Waals surface area contributed by atoms with Gasteiger partial charge in [0.25, 0.3) is 0 Å². The maximum atomic E-state index is 12.4. The van der Waals surface area contributed by atoms with Crippen LogP contribution in [0.15, 0.2) is 30.3 Å². The van der Waals surface area contributed by atoms with Crippen molar-refractivity contribution in [2.45, 2.75) is 6.04 Å². The second-order valence-electron chi connectivity index (χ2n) is 5.86. The summed E-state index contributed by atoms with van der Waals surface area (Å²) in [4.78, 5) is 18.9. The van der Waals surface area contributed by atoms with Gasteiger partial charge in [-0.05, 0) is 19.7 Å². The Morgan fingerprint density at radius 2 is 1.81 bits per heavy atom. The van der Waals surface area contributed by atoms with E-state index in [1.54, 1.807) is 0 Å². The summed E-state index contributed by atoms with van der Waals surface area (Å²) < 4.78 is 0. The van der Waals surface area contributed by atoms with E-state index in [0.29, 0.717) is 0 Å². The van der Waals surface area contributed by atoms with Crippen LogP contribution in [0.5, 0.6) is 0 Å². The maximum Gasteiger partial charge on any atom is 0.244 e. The fourth-order valence-electron chi connectivity index (χ4n) is 2.53. The van der Waals surface area contributed by atoms with E-state index in [0.717, 1.165) is 44.8 Å². The molecule has 1 atom stereocenters. The molecule has 0 radical (unpaired) electrons.